The Balaban J connectivity index is 2.11. The van der Waals surface area contributed by atoms with Crippen LogP contribution in [0.3, 0.4) is 0 Å². The van der Waals surface area contributed by atoms with E-state index in [9.17, 15) is 22.8 Å². The van der Waals surface area contributed by atoms with E-state index in [1.165, 1.54) is 0 Å². The zero-order valence-electron chi connectivity index (χ0n) is 11.7. The van der Waals surface area contributed by atoms with E-state index in [1.54, 1.807) is 18.2 Å². The van der Waals surface area contributed by atoms with Crippen molar-refractivity contribution in [3.63, 3.8) is 0 Å². The molecule has 120 valence electrons. The highest BCUT2D eigenvalue weighted by Gasteiger charge is 2.47. The summed E-state index contributed by atoms with van der Waals surface area (Å²) in [6, 6.07) is 4.00. The number of carbonyl (C=O) groups excluding carboxylic acids is 2. The number of hydrogen-bond acceptors (Lipinski definition) is 2. The maximum atomic E-state index is 12.5. The molecule has 2 amide bonds. The van der Waals surface area contributed by atoms with Gasteiger partial charge in [-0.3, -0.25) is 9.59 Å². The first-order valence-electron chi connectivity index (χ1n) is 6.65. The fourth-order valence-electron chi connectivity index (χ4n) is 2.34. The number of carbonyl (C=O) groups is 2. The molecule has 4 nitrogen and oxygen atoms in total. The van der Waals surface area contributed by atoms with Crippen molar-refractivity contribution in [3.8, 4) is 0 Å². The summed E-state index contributed by atoms with van der Waals surface area (Å²) in [5.74, 6) is -2.57. The quantitative estimate of drug-likeness (QED) is 0.858. The summed E-state index contributed by atoms with van der Waals surface area (Å²) >= 11 is 3.32. The number of aryl methyl sites for hydroxylation is 1. The molecule has 1 aliphatic heterocycles. The number of halogens is 4. The van der Waals surface area contributed by atoms with Crippen molar-refractivity contribution >= 4 is 33.4 Å². The van der Waals surface area contributed by atoms with E-state index in [4.69, 9.17) is 0 Å². The Labute approximate surface area is 133 Å². The van der Waals surface area contributed by atoms with E-state index >= 15 is 0 Å². The lowest BCUT2D eigenvalue weighted by molar-refractivity contribution is -0.186. The topological polar surface area (TPSA) is 49.4 Å². The first-order valence-corrected chi connectivity index (χ1v) is 7.44. The SMILES string of the molecule is Cc1ccc(NC(=O)C2CCCN2C(=O)C(F)(F)F)cc1Br. The molecule has 0 radical (unpaired) electrons. The van der Waals surface area contributed by atoms with Crippen LogP contribution in [0.5, 0.6) is 0 Å². The molecule has 0 saturated carbocycles. The third kappa shape index (κ3) is 3.60. The highest BCUT2D eigenvalue weighted by atomic mass is 79.9. The van der Waals surface area contributed by atoms with Gasteiger partial charge in [0.15, 0.2) is 0 Å². The average Bonchev–Trinajstić information content (AvgIpc) is 2.90. The van der Waals surface area contributed by atoms with Gasteiger partial charge in [-0.1, -0.05) is 22.0 Å². The molecule has 1 aliphatic rings. The zero-order valence-corrected chi connectivity index (χ0v) is 13.3. The maximum absolute atomic E-state index is 12.5. The van der Waals surface area contributed by atoms with Crippen molar-refractivity contribution in [3.05, 3.63) is 28.2 Å². The number of likely N-dealkylation sites (tertiary alicyclic amines) is 1. The van der Waals surface area contributed by atoms with Gasteiger partial charge in [-0.2, -0.15) is 13.2 Å². The molecule has 0 spiro atoms. The Morgan fingerprint density at radius 2 is 2.05 bits per heavy atom. The van der Waals surface area contributed by atoms with Crippen molar-refractivity contribution in [1.82, 2.24) is 4.90 Å². The van der Waals surface area contributed by atoms with Crippen LogP contribution >= 0.6 is 15.9 Å². The predicted molar refractivity (Wildman–Crippen MR) is 78.3 cm³/mol. The summed E-state index contributed by atoms with van der Waals surface area (Å²) in [4.78, 5) is 24.1. The molecule has 1 fully saturated rings. The molecule has 8 heteroatoms. The van der Waals surface area contributed by atoms with E-state index < -0.39 is 24.0 Å². The second-order valence-electron chi connectivity index (χ2n) is 5.11. The number of hydrogen-bond donors (Lipinski definition) is 1. The number of nitrogens with zero attached hydrogens (tertiary/aromatic N) is 1. The van der Waals surface area contributed by atoms with Crippen LogP contribution in [-0.2, 0) is 9.59 Å². The lowest BCUT2D eigenvalue weighted by Crippen LogP contribution is -2.48. The Bertz CT molecular complexity index is 604. The van der Waals surface area contributed by atoms with Crippen LogP contribution in [0.15, 0.2) is 22.7 Å². The van der Waals surface area contributed by atoms with Gasteiger partial charge in [-0.25, -0.2) is 0 Å². The third-order valence-corrected chi connectivity index (χ3v) is 4.35. The molecule has 1 atom stereocenters. The average molecular weight is 379 g/mol. The van der Waals surface area contributed by atoms with Gasteiger partial charge in [-0.15, -0.1) is 0 Å². The van der Waals surface area contributed by atoms with Crippen molar-refractivity contribution in [1.29, 1.82) is 0 Å². The van der Waals surface area contributed by atoms with Gasteiger partial charge >= 0.3 is 12.1 Å². The second kappa shape index (κ2) is 6.28. The van der Waals surface area contributed by atoms with Crippen LogP contribution < -0.4 is 5.32 Å². The summed E-state index contributed by atoms with van der Waals surface area (Å²) in [5, 5.41) is 2.56. The smallest absolute Gasteiger partial charge is 0.324 e. The Morgan fingerprint density at radius 1 is 1.36 bits per heavy atom. The van der Waals surface area contributed by atoms with Crippen LogP contribution in [0.25, 0.3) is 0 Å². The minimum Gasteiger partial charge on any atom is -0.324 e. The molecule has 0 aromatic heterocycles. The lowest BCUT2D eigenvalue weighted by atomic mass is 10.2. The first-order chi connectivity index (χ1) is 10.2. The third-order valence-electron chi connectivity index (χ3n) is 3.50. The van der Waals surface area contributed by atoms with Crippen molar-refractivity contribution < 1.29 is 22.8 Å². The summed E-state index contributed by atoms with van der Waals surface area (Å²) in [5.41, 5.74) is 1.43. The number of rotatable bonds is 2. The van der Waals surface area contributed by atoms with Crippen LogP contribution in [0.1, 0.15) is 18.4 Å². The highest BCUT2D eigenvalue weighted by molar-refractivity contribution is 9.10. The summed E-state index contributed by atoms with van der Waals surface area (Å²) in [7, 11) is 0. The van der Waals surface area contributed by atoms with E-state index in [1.807, 2.05) is 6.92 Å². The molecular weight excluding hydrogens is 365 g/mol. The fourth-order valence-corrected chi connectivity index (χ4v) is 2.72. The number of nitrogens with one attached hydrogen (secondary N) is 1. The molecule has 1 unspecified atom stereocenters. The van der Waals surface area contributed by atoms with E-state index in [2.05, 4.69) is 21.2 Å². The minimum absolute atomic E-state index is 0.0615. The van der Waals surface area contributed by atoms with E-state index in [0.717, 1.165) is 10.0 Å². The first kappa shape index (κ1) is 16.8. The number of amides is 2. The van der Waals surface area contributed by atoms with Gasteiger partial charge in [-0.05, 0) is 37.5 Å². The standard InChI is InChI=1S/C14H14BrF3N2O2/c1-8-4-5-9(7-10(8)15)19-12(21)11-3-2-6-20(11)13(22)14(16,17)18/h4-5,7,11H,2-3,6H2,1H3,(H,19,21). The molecule has 1 aromatic carbocycles. The number of benzene rings is 1. The number of anilines is 1. The normalized spacial score (nSPS) is 18.4. The molecule has 1 N–H and O–H groups in total. The molecular formula is C14H14BrF3N2O2. The minimum atomic E-state index is -4.96. The molecule has 0 aliphatic carbocycles. The Morgan fingerprint density at radius 3 is 2.64 bits per heavy atom. The summed E-state index contributed by atoms with van der Waals surface area (Å²) < 4.78 is 38.4. The number of alkyl halides is 3. The van der Waals surface area contributed by atoms with Crippen molar-refractivity contribution in [2.24, 2.45) is 0 Å². The van der Waals surface area contributed by atoms with Crippen LogP contribution in [0.2, 0.25) is 0 Å². The largest absolute Gasteiger partial charge is 0.471 e. The Kier molecular flexibility index (Phi) is 4.79. The zero-order chi connectivity index (χ0) is 16.5. The Hall–Kier alpha value is -1.57. The van der Waals surface area contributed by atoms with E-state index in [0.29, 0.717) is 17.0 Å². The highest BCUT2D eigenvalue weighted by Crippen LogP contribution is 2.27. The molecule has 1 saturated heterocycles. The van der Waals surface area contributed by atoms with Crippen LogP contribution in [-0.4, -0.2) is 35.5 Å². The van der Waals surface area contributed by atoms with Crippen LogP contribution in [0.4, 0.5) is 18.9 Å². The lowest BCUT2D eigenvalue weighted by Gasteiger charge is -2.24. The van der Waals surface area contributed by atoms with Crippen molar-refractivity contribution in [2.45, 2.75) is 32.0 Å². The van der Waals surface area contributed by atoms with Gasteiger partial charge in [0.05, 0.1) is 0 Å². The molecule has 2 rings (SSSR count). The van der Waals surface area contributed by atoms with Gasteiger partial charge in [0.1, 0.15) is 6.04 Å². The summed E-state index contributed by atoms with van der Waals surface area (Å²) in [6.07, 6.45) is -4.37. The fraction of sp³-hybridized carbons (Fsp3) is 0.429. The van der Waals surface area contributed by atoms with Crippen LogP contribution in [0, 0.1) is 6.92 Å². The van der Waals surface area contributed by atoms with E-state index in [-0.39, 0.29) is 13.0 Å². The monoisotopic (exact) mass is 378 g/mol. The second-order valence-corrected chi connectivity index (χ2v) is 5.96. The molecule has 1 aromatic rings. The van der Waals surface area contributed by atoms with Gasteiger partial charge < -0.3 is 10.2 Å². The van der Waals surface area contributed by atoms with Gasteiger partial charge in [0, 0.05) is 16.7 Å². The van der Waals surface area contributed by atoms with Gasteiger partial charge in [0.25, 0.3) is 0 Å². The molecule has 0 bridgehead atoms. The molecule has 22 heavy (non-hydrogen) atoms. The predicted octanol–water partition coefficient (Wildman–Crippen LogP) is 3.25. The van der Waals surface area contributed by atoms with Crippen molar-refractivity contribution in [2.75, 3.05) is 11.9 Å². The summed E-state index contributed by atoms with van der Waals surface area (Å²) in [6.45, 7) is 1.81. The molecule has 1 heterocycles. The maximum Gasteiger partial charge on any atom is 0.471 e. The van der Waals surface area contributed by atoms with Gasteiger partial charge in [0.2, 0.25) is 5.91 Å².